The molecule has 0 aliphatic carbocycles. The second-order valence-corrected chi connectivity index (χ2v) is 5.66. The molecule has 0 aliphatic rings. The van der Waals surface area contributed by atoms with Crippen LogP contribution in [0.5, 0.6) is 0 Å². The Kier molecular flexibility index (Phi) is 2.32. The summed E-state index contributed by atoms with van der Waals surface area (Å²) in [5.41, 5.74) is 2.61. The molecule has 2 aromatic rings. The summed E-state index contributed by atoms with van der Waals surface area (Å²) >= 11 is 0. The third-order valence-corrected chi connectivity index (χ3v) is 3.61. The van der Waals surface area contributed by atoms with Gasteiger partial charge in [-0.15, -0.1) is 0 Å². The van der Waals surface area contributed by atoms with Crippen molar-refractivity contribution in [2.24, 2.45) is 12.2 Å². The highest BCUT2D eigenvalue weighted by Gasteiger charge is 2.17. The lowest BCUT2D eigenvalue weighted by Gasteiger charge is -2.05. The Bertz CT molecular complexity index is 669. The molecule has 1 aromatic carbocycles. The number of hydrogen-bond acceptors (Lipinski definition) is 2. The number of rotatable bonds is 1. The molecular formula is C11H14N2O2S. The van der Waals surface area contributed by atoms with Gasteiger partial charge in [0.15, 0.2) is 0 Å². The summed E-state index contributed by atoms with van der Waals surface area (Å²) in [6.07, 6.45) is 1.90. The Morgan fingerprint density at radius 2 is 1.88 bits per heavy atom. The molecular weight excluding hydrogens is 224 g/mol. The highest BCUT2D eigenvalue weighted by atomic mass is 32.2. The van der Waals surface area contributed by atoms with Gasteiger partial charge >= 0.3 is 0 Å². The summed E-state index contributed by atoms with van der Waals surface area (Å²) in [5, 5.41) is 6.17. The minimum atomic E-state index is -3.68. The summed E-state index contributed by atoms with van der Waals surface area (Å²) in [6, 6.07) is 3.58. The van der Waals surface area contributed by atoms with Gasteiger partial charge in [-0.05, 0) is 37.1 Å². The maximum absolute atomic E-state index is 11.5. The van der Waals surface area contributed by atoms with Crippen LogP contribution in [0.15, 0.2) is 23.2 Å². The normalized spacial score (nSPS) is 12.2. The molecule has 4 nitrogen and oxygen atoms in total. The lowest BCUT2D eigenvalue weighted by molar-refractivity contribution is 0.598. The van der Waals surface area contributed by atoms with E-state index in [0.717, 1.165) is 16.5 Å². The van der Waals surface area contributed by atoms with Crippen LogP contribution in [0.1, 0.15) is 11.1 Å². The number of aromatic nitrogens is 1. The van der Waals surface area contributed by atoms with Gasteiger partial charge in [0.1, 0.15) is 4.90 Å². The molecule has 16 heavy (non-hydrogen) atoms. The molecule has 0 bridgehead atoms. The molecule has 0 fully saturated rings. The highest BCUT2D eigenvalue weighted by molar-refractivity contribution is 7.89. The van der Waals surface area contributed by atoms with Gasteiger partial charge in [0.05, 0.1) is 5.52 Å². The van der Waals surface area contributed by atoms with E-state index in [-0.39, 0.29) is 4.90 Å². The van der Waals surface area contributed by atoms with Crippen molar-refractivity contribution in [3.05, 3.63) is 29.5 Å². The maximum Gasteiger partial charge on any atom is 0.240 e. The number of fused-ring (bicyclic) bond motifs is 1. The zero-order chi connectivity index (χ0) is 12.1. The first kappa shape index (κ1) is 11.2. The lowest BCUT2D eigenvalue weighted by atomic mass is 10.1. The highest BCUT2D eigenvalue weighted by Crippen LogP contribution is 2.27. The maximum atomic E-state index is 11.5. The SMILES string of the molecule is Cc1cc(S(N)(=O)=O)c2c(c1)c(C)cn2C. The summed E-state index contributed by atoms with van der Waals surface area (Å²) in [5.74, 6) is 0. The van der Waals surface area contributed by atoms with Crippen molar-refractivity contribution in [2.45, 2.75) is 18.7 Å². The molecule has 0 saturated carbocycles. The van der Waals surface area contributed by atoms with Crippen LogP contribution in [-0.4, -0.2) is 13.0 Å². The van der Waals surface area contributed by atoms with Gasteiger partial charge in [-0.3, -0.25) is 0 Å². The van der Waals surface area contributed by atoms with E-state index in [1.165, 1.54) is 0 Å². The first-order chi connectivity index (χ1) is 7.30. The fourth-order valence-electron chi connectivity index (χ4n) is 2.05. The Balaban J connectivity index is 3.04. The van der Waals surface area contributed by atoms with Crippen LogP contribution in [0.25, 0.3) is 10.9 Å². The number of benzene rings is 1. The zero-order valence-corrected chi connectivity index (χ0v) is 10.3. The average molecular weight is 238 g/mol. The van der Waals surface area contributed by atoms with Crippen molar-refractivity contribution in [2.75, 3.05) is 0 Å². The molecule has 0 saturated heterocycles. The Hall–Kier alpha value is -1.33. The average Bonchev–Trinajstić information content (AvgIpc) is 2.40. The van der Waals surface area contributed by atoms with Gasteiger partial charge in [0.2, 0.25) is 10.0 Å². The number of aryl methyl sites for hydroxylation is 3. The van der Waals surface area contributed by atoms with Crippen molar-refractivity contribution < 1.29 is 8.42 Å². The summed E-state index contributed by atoms with van der Waals surface area (Å²) in [6.45, 7) is 3.81. The number of hydrogen-bond donors (Lipinski definition) is 1. The van der Waals surface area contributed by atoms with Gasteiger partial charge < -0.3 is 4.57 Å². The van der Waals surface area contributed by atoms with Crippen LogP contribution in [0, 0.1) is 13.8 Å². The van der Waals surface area contributed by atoms with Crippen molar-refractivity contribution in [3.63, 3.8) is 0 Å². The third-order valence-electron chi connectivity index (χ3n) is 2.69. The van der Waals surface area contributed by atoms with Crippen LogP contribution in [0.4, 0.5) is 0 Å². The van der Waals surface area contributed by atoms with E-state index in [0.29, 0.717) is 5.52 Å². The van der Waals surface area contributed by atoms with E-state index >= 15 is 0 Å². The molecule has 0 atom stereocenters. The standard InChI is InChI=1S/C11H14N2O2S/c1-7-4-9-8(2)6-13(3)11(9)10(5-7)16(12,14)15/h4-6H,1-3H3,(H2,12,14,15). The van der Waals surface area contributed by atoms with E-state index in [1.54, 1.807) is 10.6 Å². The Morgan fingerprint density at radius 1 is 1.25 bits per heavy atom. The molecule has 0 spiro atoms. The Morgan fingerprint density at radius 3 is 2.44 bits per heavy atom. The number of sulfonamides is 1. The monoisotopic (exact) mass is 238 g/mol. The van der Waals surface area contributed by atoms with Gasteiger partial charge in [-0.25, -0.2) is 13.6 Å². The first-order valence-electron chi connectivity index (χ1n) is 4.90. The number of nitrogens with two attached hydrogens (primary N) is 1. The summed E-state index contributed by atoms with van der Waals surface area (Å²) < 4.78 is 24.8. The van der Waals surface area contributed by atoms with Gasteiger partial charge in [-0.2, -0.15) is 0 Å². The topological polar surface area (TPSA) is 65.1 Å². The largest absolute Gasteiger partial charge is 0.349 e. The van der Waals surface area contributed by atoms with Crippen LogP contribution in [0.2, 0.25) is 0 Å². The minimum absolute atomic E-state index is 0.193. The molecule has 2 rings (SSSR count). The molecule has 1 aromatic heterocycles. The van der Waals surface area contributed by atoms with Crippen LogP contribution >= 0.6 is 0 Å². The van der Waals surface area contributed by atoms with Crippen LogP contribution in [-0.2, 0) is 17.1 Å². The lowest BCUT2D eigenvalue weighted by Crippen LogP contribution is -2.13. The molecule has 86 valence electrons. The van der Waals surface area contributed by atoms with E-state index < -0.39 is 10.0 Å². The molecule has 1 heterocycles. The number of nitrogens with zero attached hydrogens (tertiary/aromatic N) is 1. The number of primary sulfonamides is 1. The molecule has 0 amide bonds. The second-order valence-electron chi connectivity index (χ2n) is 4.13. The molecule has 0 radical (unpaired) electrons. The van der Waals surface area contributed by atoms with Gasteiger partial charge in [-0.1, -0.05) is 0 Å². The first-order valence-corrected chi connectivity index (χ1v) is 6.44. The van der Waals surface area contributed by atoms with Crippen molar-refractivity contribution in [3.8, 4) is 0 Å². The second kappa shape index (κ2) is 3.33. The molecule has 2 N–H and O–H groups in total. The summed E-state index contributed by atoms with van der Waals surface area (Å²) in [4.78, 5) is 0.193. The minimum Gasteiger partial charge on any atom is -0.349 e. The van der Waals surface area contributed by atoms with E-state index in [9.17, 15) is 8.42 Å². The van der Waals surface area contributed by atoms with Gasteiger partial charge in [0.25, 0.3) is 0 Å². The quantitative estimate of drug-likeness (QED) is 0.817. The predicted octanol–water partition coefficient (Wildman–Crippen LogP) is 1.44. The predicted molar refractivity (Wildman–Crippen MR) is 63.8 cm³/mol. The van der Waals surface area contributed by atoms with E-state index in [4.69, 9.17) is 5.14 Å². The van der Waals surface area contributed by atoms with Crippen LogP contribution in [0.3, 0.4) is 0 Å². The van der Waals surface area contributed by atoms with E-state index in [1.807, 2.05) is 33.2 Å². The molecule has 5 heteroatoms. The summed E-state index contributed by atoms with van der Waals surface area (Å²) in [7, 11) is -1.86. The fourth-order valence-corrected chi connectivity index (χ4v) is 2.93. The fraction of sp³-hybridized carbons (Fsp3) is 0.273. The smallest absolute Gasteiger partial charge is 0.240 e. The van der Waals surface area contributed by atoms with Crippen molar-refractivity contribution in [1.29, 1.82) is 0 Å². The Labute approximate surface area is 94.7 Å². The van der Waals surface area contributed by atoms with Crippen molar-refractivity contribution >= 4 is 20.9 Å². The van der Waals surface area contributed by atoms with Crippen molar-refractivity contribution in [1.82, 2.24) is 4.57 Å². The van der Waals surface area contributed by atoms with Crippen LogP contribution < -0.4 is 5.14 Å². The molecule has 0 aliphatic heterocycles. The third kappa shape index (κ3) is 1.62. The molecule has 0 unspecified atom stereocenters. The van der Waals surface area contributed by atoms with Gasteiger partial charge in [0, 0.05) is 18.6 Å². The zero-order valence-electron chi connectivity index (χ0n) is 9.48. The van der Waals surface area contributed by atoms with E-state index in [2.05, 4.69) is 0 Å².